The number of hydrogen-bond acceptors (Lipinski definition) is 5. The second-order valence-electron chi connectivity index (χ2n) is 6.28. The molecule has 0 atom stereocenters. The van der Waals surface area contributed by atoms with Crippen LogP contribution in [0.1, 0.15) is 31.9 Å². The number of carbonyl (C=O) groups is 1. The van der Waals surface area contributed by atoms with Gasteiger partial charge in [0.15, 0.2) is 17.2 Å². The molecule has 0 aromatic heterocycles. The van der Waals surface area contributed by atoms with Gasteiger partial charge in [-0.05, 0) is 85.3 Å². The van der Waals surface area contributed by atoms with Gasteiger partial charge in [-0.2, -0.15) is 0 Å². The van der Waals surface area contributed by atoms with E-state index in [4.69, 9.17) is 14.2 Å². The van der Waals surface area contributed by atoms with Crippen LogP contribution in [0.25, 0.3) is 6.08 Å². The van der Waals surface area contributed by atoms with E-state index in [1.807, 2.05) is 26.8 Å². The number of rotatable bonds is 6. The molecule has 0 fully saturated rings. The first-order valence-corrected chi connectivity index (χ1v) is 9.86. The van der Waals surface area contributed by atoms with Crippen molar-refractivity contribution in [3.8, 4) is 11.5 Å². The lowest BCUT2D eigenvalue weighted by atomic mass is 10.1. The lowest BCUT2D eigenvalue weighted by molar-refractivity contribution is -0.129. The Hall–Kier alpha value is -2.42. The van der Waals surface area contributed by atoms with Crippen molar-refractivity contribution in [2.24, 2.45) is 4.99 Å². The first-order chi connectivity index (χ1) is 13.4. The van der Waals surface area contributed by atoms with E-state index in [-0.39, 0.29) is 17.7 Å². The van der Waals surface area contributed by atoms with Crippen LogP contribution in [-0.4, -0.2) is 24.6 Å². The quantitative estimate of drug-likeness (QED) is 0.323. The maximum absolute atomic E-state index is 13.4. The molecule has 146 valence electrons. The number of carbonyl (C=O) groups excluding carboxylic acids is 1. The largest absolute Gasteiger partial charge is 0.490 e. The van der Waals surface area contributed by atoms with E-state index in [1.165, 1.54) is 18.2 Å². The summed E-state index contributed by atoms with van der Waals surface area (Å²) in [5.74, 6) is 0.323. The Morgan fingerprint density at radius 1 is 1.29 bits per heavy atom. The van der Waals surface area contributed by atoms with Gasteiger partial charge < -0.3 is 14.2 Å². The molecule has 2 aromatic carbocycles. The van der Waals surface area contributed by atoms with Gasteiger partial charge in [0.2, 0.25) is 5.90 Å². The summed E-state index contributed by atoms with van der Waals surface area (Å²) in [4.78, 5) is 16.4. The van der Waals surface area contributed by atoms with E-state index in [0.29, 0.717) is 23.7 Å². The smallest absolute Gasteiger partial charge is 0.363 e. The minimum Gasteiger partial charge on any atom is -0.490 e. The van der Waals surface area contributed by atoms with Crippen LogP contribution >= 0.6 is 22.6 Å². The molecule has 7 heteroatoms. The normalized spacial score (nSPS) is 15.0. The SMILES string of the molecule is CCOc1cc(/C=C2/N=C(c3cccc(F)c3)OC2=O)cc(I)c1OC(C)C. The maximum Gasteiger partial charge on any atom is 0.363 e. The molecule has 1 aliphatic heterocycles. The standard InChI is InChI=1S/C21H19FINO4/c1-4-26-18-10-13(8-16(23)19(18)27-12(2)3)9-17-21(25)28-20(24-17)14-6-5-7-15(22)11-14/h5-12H,4H2,1-3H3/b17-9+. The minimum absolute atomic E-state index is 0.000151. The average molecular weight is 495 g/mol. The molecule has 0 radical (unpaired) electrons. The average Bonchev–Trinajstić information content (AvgIpc) is 2.99. The molecule has 3 rings (SSSR count). The van der Waals surface area contributed by atoms with Crippen LogP contribution in [0.15, 0.2) is 47.1 Å². The molecule has 0 saturated heterocycles. The fourth-order valence-electron chi connectivity index (χ4n) is 2.60. The van der Waals surface area contributed by atoms with Crippen LogP contribution < -0.4 is 9.47 Å². The number of esters is 1. The number of benzene rings is 2. The second-order valence-corrected chi connectivity index (χ2v) is 7.44. The Balaban J connectivity index is 1.97. The number of hydrogen-bond donors (Lipinski definition) is 0. The molecular formula is C21H19FINO4. The highest BCUT2D eigenvalue weighted by Crippen LogP contribution is 2.36. The maximum atomic E-state index is 13.4. The van der Waals surface area contributed by atoms with E-state index in [2.05, 4.69) is 27.6 Å². The molecule has 0 saturated carbocycles. The van der Waals surface area contributed by atoms with E-state index in [9.17, 15) is 9.18 Å². The van der Waals surface area contributed by atoms with Crippen molar-refractivity contribution in [3.05, 3.63) is 62.6 Å². The molecule has 0 unspecified atom stereocenters. The monoisotopic (exact) mass is 495 g/mol. The zero-order chi connectivity index (χ0) is 20.3. The van der Waals surface area contributed by atoms with Gasteiger partial charge >= 0.3 is 5.97 Å². The van der Waals surface area contributed by atoms with Crippen LogP contribution in [0, 0.1) is 9.39 Å². The van der Waals surface area contributed by atoms with Crippen LogP contribution in [0.5, 0.6) is 11.5 Å². The predicted molar refractivity (Wildman–Crippen MR) is 113 cm³/mol. The molecule has 0 aliphatic carbocycles. The molecule has 0 amide bonds. The van der Waals surface area contributed by atoms with Crippen molar-refractivity contribution in [2.75, 3.05) is 6.61 Å². The lowest BCUT2D eigenvalue weighted by Gasteiger charge is -2.16. The molecule has 2 aromatic rings. The highest BCUT2D eigenvalue weighted by molar-refractivity contribution is 14.1. The van der Waals surface area contributed by atoms with E-state index >= 15 is 0 Å². The Labute approximate surface area is 176 Å². The van der Waals surface area contributed by atoms with Gasteiger partial charge in [0.05, 0.1) is 16.3 Å². The fourth-order valence-corrected chi connectivity index (χ4v) is 3.35. The second kappa shape index (κ2) is 8.72. The number of aliphatic imine (C=N–C) groups is 1. The van der Waals surface area contributed by atoms with Crippen molar-refractivity contribution in [3.63, 3.8) is 0 Å². The third-order valence-electron chi connectivity index (χ3n) is 3.68. The highest BCUT2D eigenvalue weighted by Gasteiger charge is 2.25. The van der Waals surface area contributed by atoms with Crippen LogP contribution in [-0.2, 0) is 9.53 Å². The van der Waals surface area contributed by atoms with Gasteiger partial charge in [0, 0.05) is 5.56 Å². The van der Waals surface area contributed by atoms with Gasteiger partial charge in [0.25, 0.3) is 0 Å². The summed E-state index contributed by atoms with van der Waals surface area (Å²) in [5, 5.41) is 0. The van der Waals surface area contributed by atoms with Gasteiger partial charge in [-0.1, -0.05) is 6.07 Å². The first-order valence-electron chi connectivity index (χ1n) is 8.79. The molecule has 0 spiro atoms. The number of ether oxygens (including phenoxy) is 3. The summed E-state index contributed by atoms with van der Waals surface area (Å²) in [7, 11) is 0. The van der Waals surface area contributed by atoms with Crippen molar-refractivity contribution in [1.82, 2.24) is 0 Å². The number of cyclic esters (lactones) is 1. The molecule has 0 N–H and O–H groups in total. The third-order valence-corrected chi connectivity index (χ3v) is 4.48. The lowest BCUT2D eigenvalue weighted by Crippen LogP contribution is -2.09. The van der Waals surface area contributed by atoms with E-state index in [0.717, 1.165) is 9.13 Å². The zero-order valence-electron chi connectivity index (χ0n) is 15.7. The fraction of sp³-hybridized carbons (Fsp3) is 0.238. The van der Waals surface area contributed by atoms with Crippen LogP contribution in [0.4, 0.5) is 4.39 Å². The van der Waals surface area contributed by atoms with Crippen molar-refractivity contribution in [2.45, 2.75) is 26.9 Å². The van der Waals surface area contributed by atoms with E-state index in [1.54, 1.807) is 18.2 Å². The van der Waals surface area contributed by atoms with Gasteiger partial charge in [0.1, 0.15) is 5.82 Å². The zero-order valence-corrected chi connectivity index (χ0v) is 17.8. The minimum atomic E-state index is -0.588. The summed E-state index contributed by atoms with van der Waals surface area (Å²) < 4.78 is 31.0. The summed E-state index contributed by atoms with van der Waals surface area (Å²) in [6.45, 7) is 6.26. The van der Waals surface area contributed by atoms with Crippen molar-refractivity contribution >= 4 is 40.5 Å². The Morgan fingerprint density at radius 3 is 2.75 bits per heavy atom. The molecule has 0 bridgehead atoms. The number of nitrogens with zero attached hydrogens (tertiary/aromatic N) is 1. The van der Waals surface area contributed by atoms with Crippen LogP contribution in [0.2, 0.25) is 0 Å². The summed E-state index contributed by atoms with van der Waals surface area (Å²) in [6, 6.07) is 9.41. The molecule has 28 heavy (non-hydrogen) atoms. The van der Waals surface area contributed by atoms with Crippen molar-refractivity contribution < 1.29 is 23.4 Å². The topological polar surface area (TPSA) is 57.1 Å². The summed E-state index contributed by atoms with van der Waals surface area (Å²) in [6.07, 6.45) is 1.61. The number of halogens is 2. The molecule has 5 nitrogen and oxygen atoms in total. The Kier molecular flexibility index (Phi) is 6.33. The third kappa shape index (κ3) is 4.70. The van der Waals surface area contributed by atoms with Gasteiger partial charge in [-0.25, -0.2) is 14.2 Å². The predicted octanol–water partition coefficient (Wildman–Crippen LogP) is 4.96. The highest BCUT2D eigenvalue weighted by atomic mass is 127. The Morgan fingerprint density at radius 2 is 2.07 bits per heavy atom. The Bertz CT molecular complexity index is 969. The molecule has 1 aliphatic rings. The van der Waals surface area contributed by atoms with E-state index < -0.39 is 11.8 Å². The van der Waals surface area contributed by atoms with Gasteiger partial charge in [-0.3, -0.25) is 0 Å². The molecular weight excluding hydrogens is 476 g/mol. The van der Waals surface area contributed by atoms with Crippen LogP contribution in [0.3, 0.4) is 0 Å². The molecule has 1 heterocycles. The summed E-state index contributed by atoms with van der Waals surface area (Å²) in [5.41, 5.74) is 1.26. The van der Waals surface area contributed by atoms with Crippen molar-refractivity contribution in [1.29, 1.82) is 0 Å². The summed E-state index contributed by atoms with van der Waals surface area (Å²) >= 11 is 2.17. The van der Waals surface area contributed by atoms with Gasteiger partial charge in [-0.15, -0.1) is 0 Å². The first kappa shape index (κ1) is 20.3.